The molecule has 0 aliphatic heterocycles. The summed E-state index contributed by atoms with van der Waals surface area (Å²) in [5.74, 6) is -0.0463. The molecule has 1 unspecified atom stereocenters. The van der Waals surface area contributed by atoms with E-state index in [0.29, 0.717) is 17.7 Å². The Morgan fingerprint density at radius 3 is 2.72 bits per heavy atom. The Morgan fingerprint density at radius 1 is 1.61 bits per heavy atom. The van der Waals surface area contributed by atoms with Crippen molar-refractivity contribution < 1.29 is 10.0 Å². The van der Waals surface area contributed by atoms with Crippen molar-refractivity contribution in [1.29, 1.82) is 0 Å². The van der Waals surface area contributed by atoms with E-state index in [1.165, 1.54) is 11.3 Å². The molecular formula is C11H18N4O2S. The molecule has 0 spiro atoms. The van der Waals surface area contributed by atoms with E-state index in [-0.39, 0.29) is 17.8 Å². The third-order valence-electron chi connectivity index (χ3n) is 2.52. The number of nitrogens with one attached hydrogen (secondary N) is 1. The second kappa shape index (κ2) is 6.34. The number of aryl methyl sites for hydroxylation is 2. The maximum atomic E-state index is 12.0. The zero-order valence-corrected chi connectivity index (χ0v) is 11.5. The molecule has 1 aromatic rings. The third-order valence-corrected chi connectivity index (χ3v) is 3.59. The number of amidine groups is 1. The first-order valence-corrected chi connectivity index (χ1v) is 6.50. The number of thiazole rings is 1. The summed E-state index contributed by atoms with van der Waals surface area (Å²) < 4.78 is 0. The summed E-state index contributed by atoms with van der Waals surface area (Å²) in [4.78, 5) is 16.9. The van der Waals surface area contributed by atoms with E-state index in [2.05, 4.69) is 15.5 Å². The number of nitrogens with two attached hydrogens (primary N) is 1. The number of carbonyl (C=O) groups is 1. The van der Waals surface area contributed by atoms with Gasteiger partial charge in [-0.2, -0.15) is 0 Å². The zero-order chi connectivity index (χ0) is 13.7. The van der Waals surface area contributed by atoms with E-state index >= 15 is 0 Å². The number of carbonyl (C=O) groups excluding carboxylic acids is 1. The molecule has 0 bridgehead atoms. The third kappa shape index (κ3) is 3.69. The van der Waals surface area contributed by atoms with Crippen molar-refractivity contribution >= 4 is 23.1 Å². The summed E-state index contributed by atoms with van der Waals surface area (Å²) in [6, 6.07) is -0.143. The minimum absolute atomic E-state index is 0.111. The van der Waals surface area contributed by atoms with E-state index in [9.17, 15) is 4.79 Å². The molecule has 18 heavy (non-hydrogen) atoms. The van der Waals surface area contributed by atoms with Crippen LogP contribution in [0.2, 0.25) is 0 Å². The lowest BCUT2D eigenvalue weighted by Gasteiger charge is -2.15. The van der Waals surface area contributed by atoms with Gasteiger partial charge in [-0.25, -0.2) is 4.98 Å². The number of hydrogen-bond acceptors (Lipinski definition) is 5. The maximum absolute atomic E-state index is 12.0. The molecule has 6 nitrogen and oxygen atoms in total. The molecule has 1 rings (SSSR count). The predicted octanol–water partition coefficient (Wildman–Crippen LogP) is 1.40. The van der Waals surface area contributed by atoms with E-state index in [1.54, 1.807) is 0 Å². The summed E-state index contributed by atoms with van der Waals surface area (Å²) >= 11 is 1.37. The number of aromatic nitrogens is 1. The van der Waals surface area contributed by atoms with Crippen LogP contribution in [-0.2, 0) is 0 Å². The van der Waals surface area contributed by atoms with Gasteiger partial charge >= 0.3 is 0 Å². The molecule has 1 heterocycles. The van der Waals surface area contributed by atoms with Gasteiger partial charge in [-0.1, -0.05) is 12.1 Å². The second-order valence-corrected chi connectivity index (χ2v) is 5.22. The maximum Gasteiger partial charge on any atom is 0.263 e. The van der Waals surface area contributed by atoms with Crippen LogP contribution in [0.15, 0.2) is 5.16 Å². The van der Waals surface area contributed by atoms with Gasteiger partial charge in [0.05, 0.1) is 10.7 Å². The molecule has 100 valence electrons. The van der Waals surface area contributed by atoms with E-state index < -0.39 is 0 Å². The van der Waals surface area contributed by atoms with Gasteiger partial charge in [-0.05, 0) is 20.3 Å². The number of nitrogens with zero attached hydrogens (tertiary/aromatic N) is 2. The summed E-state index contributed by atoms with van der Waals surface area (Å²) in [6.07, 6.45) is 1.04. The Balaban J connectivity index is 2.71. The van der Waals surface area contributed by atoms with Gasteiger partial charge < -0.3 is 16.3 Å². The molecule has 0 radical (unpaired) electrons. The van der Waals surface area contributed by atoms with Crippen LogP contribution >= 0.6 is 11.3 Å². The average molecular weight is 270 g/mol. The molecule has 4 N–H and O–H groups in total. The minimum Gasteiger partial charge on any atom is -0.409 e. The molecule has 1 aromatic heterocycles. The van der Waals surface area contributed by atoms with Crippen molar-refractivity contribution in [3.8, 4) is 0 Å². The zero-order valence-electron chi connectivity index (χ0n) is 10.7. The normalized spacial score (nSPS) is 13.4. The highest BCUT2D eigenvalue weighted by atomic mass is 32.1. The molecule has 0 saturated carbocycles. The summed E-state index contributed by atoms with van der Waals surface area (Å²) in [5.41, 5.74) is 6.17. The topological polar surface area (TPSA) is 101 Å². The Bertz CT molecular complexity index is 456. The molecule has 7 heteroatoms. The quantitative estimate of drug-likeness (QED) is 0.326. The number of amides is 1. The first kappa shape index (κ1) is 14.4. The summed E-state index contributed by atoms with van der Waals surface area (Å²) in [6.45, 7) is 5.60. The van der Waals surface area contributed by atoms with Crippen LogP contribution in [0.3, 0.4) is 0 Å². The van der Waals surface area contributed by atoms with E-state index in [1.807, 2.05) is 20.8 Å². The highest BCUT2D eigenvalue weighted by Gasteiger charge is 2.18. The molecular weight excluding hydrogens is 252 g/mol. The Kier molecular flexibility index (Phi) is 5.08. The van der Waals surface area contributed by atoms with Crippen molar-refractivity contribution in [3.05, 3.63) is 15.6 Å². The van der Waals surface area contributed by atoms with E-state index in [4.69, 9.17) is 10.9 Å². The standard InChI is InChI=1S/C11H18N4O2S/c1-4-8(5-9(12)15-17)14-11(16)10-6(2)13-7(3)18-10/h8,17H,4-5H2,1-3H3,(H2,12,15)(H,14,16). The lowest BCUT2D eigenvalue weighted by molar-refractivity contribution is 0.0940. The van der Waals surface area contributed by atoms with Gasteiger partial charge in [0.25, 0.3) is 5.91 Å². The van der Waals surface area contributed by atoms with Crippen LogP contribution < -0.4 is 11.1 Å². The van der Waals surface area contributed by atoms with Crippen molar-refractivity contribution in [2.75, 3.05) is 0 Å². The van der Waals surface area contributed by atoms with Crippen LogP contribution in [0.1, 0.15) is 40.1 Å². The average Bonchev–Trinajstić information content (AvgIpc) is 2.67. The van der Waals surface area contributed by atoms with Crippen molar-refractivity contribution in [3.63, 3.8) is 0 Å². The first-order valence-electron chi connectivity index (χ1n) is 5.69. The van der Waals surface area contributed by atoms with Crippen LogP contribution in [0.4, 0.5) is 0 Å². The largest absolute Gasteiger partial charge is 0.409 e. The monoisotopic (exact) mass is 270 g/mol. The van der Waals surface area contributed by atoms with Crippen LogP contribution in [0.25, 0.3) is 0 Å². The molecule has 0 aliphatic carbocycles. The lowest BCUT2D eigenvalue weighted by Crippen LogP contribution is -2.37. The molecule has 1 atom stereocenters. The van der Waals surface area contributed by atoms with E-state index in [0.717, 1.165) is 10.7 Å². The highest BCUT2D eigenvalue weighted by molar-refractivity contribution is 7.13. The molecule has 0 aromatic carbocycles. The lowest BCUT2D eigenvalue weighted by atomic mass is 10.1. The fraction of sp³-hybridized carbons (Fsp3) is 0.545. The van der Waals surface area contributed by atoms with Gasteiger partial charge in [0.15, 0.2) is 0 Å². The molecule has 1 amide bonds. The number of oxime groups is 1. The molecule has 0 fully saturated rings. The Morgan fingerprint density at radius 2 is 2.28 bits per heavy atom. The summed E-state index contributed by atoms with van der Waals surface area (Å²) in [7, 11) is 0. The fourth-order valence-corrected chi connectivity index (χ4v) is 2.41. The van der Waals surface area contributed by atoms with Crippen molar-refractivity contribution in [2.45, 2.75) is 39.7 Å². The predicted molar refractivity (Wildman–Crippen MR) is 71.2 cm³/mol. The first-order chi connectivity index (χ1) is 8.47. The Hall–Kier alpha value is -1.63. The smallest absolute Gasteiger partial charge is 0.263 e. The number of hydrogen-bond donors (Lipinski definition) is 3. The highest BCUT2D eigenvalue weighted by Crippen LogP contribution is 2.17. The van der Waals surface area contributed by atoms with Gasteiger partial charge in [-0.3, -0.25) is 4.79 Å². The van der Waals surface area contributed by atoms with Crippen molar-refractivity contribution in [2.24, 2.45) is 10.9 Å². The molecule has 0 saturated heterocycles. The Labute approximate surface area is 110 Å². The van der Waals surface area contributed by atoms with Gasteiger partial charge in [0.2, 0.25) is 0 Å². The van der Waals surface area contributed by atoms with Crippen LogP contribution in [0, 0.1) is 13.8 Å². The fourth-order valence-electron chi connectivity index (χ4n) is 1.58. The summed E-state index contributed by atoms with van der Waals surface area (Å²) in [5, 5.41) is 15.2. The number of rotatable bonds is 5. The van der Waals surface area contributed by atoms with Crippen LogP contribution in [-0.4, -0.2) is 28.0 Å². The van der Waals surface area contributed by atoms with Gasteiger partial charge in [0.1, 0.15) is 10.7 Å². The van der Waals surface area contributed by atoms with Crippen molar-refractivity contribution in [1.82, 2.24) is 10.3 Å². The van der Waals surface area contributed by atoms with Gasteiger partial charge in [0, 0.05) is 12.5 Å². The molecule has 0 aliphatic rings. The van der Waals surface area contributed by atoms with Crippen LogP contribution in [0.5, 0.6) is 0 Å². The van der Waals surface area contributed by atoms with Gasteiger partial charge in [-0.15, -0.1) is 11.3 Å². The SMILES string of the molecule is CCC(CC(N)=NO)NC(=O)c1sc(C)nc1C. The minimum atomic E-state index is -0.157. The second-order valence-electron chi connectivity index (χ2n) is 4.02.